The second-order valence-corrected chi connectivity index (χ2v) is 9.61. The lowest BCUT2D eigenvalue weighted by Crippen LogP contribution is -2.59. The fourth-order valence-corrected chi connectivity index (χ4v) is 6.16. The quantitative estimate of drug-likeness (QED) is 0.777. The molecule has 5 rings (SSSR count). The van der Waals surface area contributed by atoms with Gasteiger partial charge in [-0.05, 0) is 43.9 Å². The Morgan fingerprint density at radius 1 is 1.17 bits per heavy atom. The Kier molecular flexibility index (Phi) is 5.69. The van der Waals surface area contributed by atoms with Crippen LogP contribution in [0.3, 0.4) is 0 Å². The van der Waals surface area contributed by atoms with Crippen molar-refractivity contribution in [2.45, 2.75) is 56.5 Å². The maximum atomic E-state index is 13.2. The van der Waals surface area contributed by atoms with Crippen LogP contribution < -0.4 is 16.2 Å². The number of rotatable bonds is 4. The number of carbonyl (C=O) groups is 1. The minimum atomic E-state index is -0.220. The molecule has 3 fully saturated rings. The van der Waals surface area contributed by atoms with Gasteiger partial charge in [0, 0.05) is 49.9 Å². The number of morpholine rings is 1. The molecule has 2 saturated heterocycles. The first-order valence-electron chi connectivity index (χ1n) is 11.7. The number of carbonyl (C=O) groups excluding carboxylic acids is 1. The summed E-state index contributed by atoms with van der Waals surface area (Å²) in [5, 5.41) is 6.63. The lowest BCUT2D eigenvalue weighted by atomic mass is 9.79. The summed E-state index contributed by atoms with van der Waals surface area (Å²) in [6.07, 6.45) is 7.01. The number of aromatic nitrogens is 1. The third-order valence-electron chi connectivity index (χ3n) is 7.80. The molecule has 4 heterocycles. The average Bonchev–Trinajstić information content (AvgIpc) is 2.80. The maximum absolute atomic E-state index is 13.2. The third-order valence-corrected chi connectivity index (χ3v) is 7.80. The van der Waals surface area contributed by atoms with Crippen molar-refractivity contribution in [3.8, 4) is 0 Å². The predicted molar refractivity (Wildman–Crippen MR) is 115 cm³/mol. The summed E-state index contributed by atoms with van der Waals surface area (Å²) in [6, 6.07) is 3.75. The van der Waals surface area contributed by atoms with Crippen LogP contribution in [0.1, 0.15) is 60.5 Å². The predicted octanol–water partition coefficient (Wildman–Crippen LogP) is 1.32. The van der Waals surface area contributed by atoms with Crippen LogP contribution >= 0.6 is 0 Å². The van der Waals surface area contributed by atoms with Crippen molar-refractivity contribution in [2.24, 2.45) is 5.92 Å². The molecule has 2 N–H and O–H groups in total. The largest absolute Gasteiger partial charge is 0.379 e. The standard InChI is InChI=1S/C23H34N4O3/c28-21(25-16-23(6-2-1-3-7-23)26-8-10-30-11-9-26)19-4-5-20-18-12-17(13-24-14-18)15-27(20)22(19)29/h4-5,17-18,24H,1-3,6-16H2,(H,25,28)/t17-,18+/m0/s1. The molecule has 1 aromatic rings. The third kappa shape index (κ3) is 3.72. The topological polar surface area (TPSA) is 75.6 Å². The number of pyridine rings is 1. The van der Waals surface area contributed by atoms with E-state index in [1.165, 1.54) is 19.3 Å². The number of nitrogens with one attached hydrogen (secondary N) is 2. The Balaban J connectivity index is 1.34. The average molecular weight is 415 g/mol. The molecule has 2 atom stereocenters. The Morgan fingerprint density at radius 3 is 2.77 bits per heavy atom. The minimum absolute atomic E-state index is 0.00475. The van der Waals surface area contributed by atoms with Crippen molar-refractivity contribution < 1.29 is 9.53 Å². The Labute approximate surface area is 178 Å². The zero-order chi connectivity index (χ0) is 20.6. The lowest BCUT2D eigenvalue weighted by Gasteiger charge is -2.48. The molecule has 3 aliphatic heterocycles. The molecule has 2 bridgehead atoms. The van der Waals surface area contributed by atoms with Gasteiger partial charge in [-0.15, -0.1) is 0 Å². The Morgan fingerprint density at radius 2 is 1.97 bits per heavy atom. The van der Waals surface area contributed by atoms with Gasteiger partial charge in [0.2, 0.25) is 0 Å². The number of ether oxygens (including phenoxy) is 1. The van der Waals surface area contributed by atoms with Crippen molar-refractivity contribution in [2.75, 3.05) is 45.9 Å². The molecule has 0 aromatic carbocycles. The molecular formula is C23H34N4O3. The molecule has 30 heavy (non-hydrogen) atoms. The van der Waals surface area contributed by atoms with E-state index < -0.39 is 0 Å². The minimum Gasteiger partial charge on any atom is -0.379 e. The second-order valence-electron chi connectivity index (χ2n) is 9.61. The molecule has 164 valence electrons. The molecule has 1 aliphatic carbocycles. The van der Waals surface area contributed by atoms with E-state index in [0.29, 0.717) is 23.9 Å². The molecule has 0 radical (unpaired) electrons. The number of piperidine rings is 1. The molecule has 4 aliphatic rings. The number of nitrogens with zero attached hydrogens (tertiary/aromatic N) is 2. The van der Waals surface area contributed by atoms with Crippen molar-refractivity contribution in [1.29, 1.82) is 0 Å². The summed E-state index contributed by atoms with van der Waals surface area (Å²) >= 11 is 0. The molecule has 1 saturated carbocycles. The molecule has 1 amide bonds. The summed E-state index contributed by atoms with van der Waals surface area (Å²) < 4.78 is 7.42. The van der Waals surface area contributed by atoms with Crippen LogP contribution in [0.2, 0.25) is 0 Å². The van der Waals surface area contributed by atoms with Crippen molar-refractivity contribution in [1.82, 2.24) is 20.1 Å². The Bertz CT molecular complexity index is 839. The van der Waals surface area contributed by atoms with Crippen LogP contribution in [0, 0.1) is 5.92 Å². The van der Waals surface area contributed by atoms with Crippen LogP contribution in [0.15, 0.2) is 16.9 Å². The summed E-state index contributed by atoms with van der Waals surface area (Å²) in [5.74, 6) is 0.649. The Hall–Kier alpha value is -1.70. The van der Waals surface area contributed by atoms with Gasteiger partial charge in [0.05, 0.1) is 13.2 Å². The van der Waals surface area contributed by atoms with Crippen molar-refractivity contribution >= 4 is 5.91 Å². The summed E-state index contributed by atoms with van der Waals surface area (Å²) in [4.78, 5) is 28.8. The van der Waals surface area contributed by atoms with Crippen molar-refractivity contribution in [3.63, 3.8) is 0 Å². The van der Waals surface area contributed by atoms with Crippen LogP contribution in [0.25, 0.3) is 0 Å². The maximum Gasteiger partial charge on any atom is 0.263 e. The van der Waals surface area contributed by atoms with Gasteiger partial charge < -0.3 is 19.9 Å². The zero-order valence-electron chi connectivity index (χ0n) is 17.8. The second kappa shape index (κ2) is 8.44. The van der Waals surface area contributed by atoms with E-state index in [1.807, 2.05) is 10.6 Å². The van der Waals surface area contributed by atoms with E-state index in [2.05, 4.69) is 15.5 Å². The highest BCUT2D eigenvalue weighted by Gasteiger charge is 2.39. The highest BCUT2D eigenvalue weighted by atomic mass is 16.5. The van der Waals surface area contributed by atoms with Crippen LogP contribution in [-0.4, -0.2) is 66.9 Å². The van der Waals surface area contributed by atoms with Crippen LogP contribution in [0.5, 0.6) is 0 Å². The van der Waals surface area contributed by atoms with E-state index >= 15 is 0 Å². The van der Waals surface area contributed by atoms with Crippen LogP contribution in [0.4, 0.5) is 0 Å². The van der Waals surface area contributed by atoms with Gasteiger partial charge in [0.15, 0.2) is 0 Å². The van der Waals surface area contributed by atoms with Gasteiger partial charge in [-0.25, -0.2) is 0 Å². The number of hydrogen-bond acceptors (Lipinski definition) is 5. The number of hydrogen-bond donors (Lipinski definition) is 2. The van der Waals surface area contributed by atoms with Gasteiger partial charge >= 0.3 is 0 Å². The zero-order valence-corrected chi connectivity index (χ0v) is 17.8. The lowest BCUT2D eigenvalue weighted by molar-refractivity contribution is -0.0361. The molecular weight excluding hydrogens is 380 g/mol. The van der Waals surface area contributed by atoms with E-state index in [0.717, 1.165) is 70.9 Å². The SMILES string of the molecule is O=C(NCC1(N2CCOCC2)CCCCC1)c1ccc2n(c1=O)C[C@@H]1CNC[C@H]2C1. The van der Waals surface area contributed by atoms with E-state index in [4.69, 9.17) is 4.74 Å². The summed E-state index contributed by atoms with van der Waals surface area (Å²) in [5.41, 5.74) is 1.26. The fourth-order valence-electron chi connectivity index (χ4n) is 6.16. The first-order chi connectivity index (χ1) is 14.7. The molecule has 7 heteroatoms. The fraction of sp³-hybridized carbons (Fsp3) is 0.739. The monoisotopic (exact) mass is 414 g/mol. The van der Waals surface area contributed by atoms with Gasteiger partial charge in [0.25, 0.3) is 11.5 Å². The molecule has 7 nitrogen and oxygen atoms in total. The first-order valence-corrected chi connectivity index (χ1v) is 11.7. The van der Waals surface area contributed by atoms with Crippen molar-refractivity contribution in [3.05, 3.63) is 33.7 Å². The van der Waals surface area contributed by atoms with E-state index in [-0.39, 0.29) is 17.0 Å². The van der Waals surface area contributed by atoms with Gasteiger partial charge in [-0.1, -0.05) is 19.3 Å². The normalized spacial score (nSPS) is 28.5. The van der Waals surface area contributed by atoms with Gasteiger partial charge in [-0.3, -0.25) is 14.5 Å². The molecule has 0 spiro atoms. The van der Waals surface area contributed by atoms with E-state index in [9.17, 15) is 9.59 Å². The number of amides is 1. The highest BCUT2D eigenvalue weighted by molar-refractivity contribution is 5.93. The van der Waals surface area contributed by atoms with Gasteiger partial charge in [0.1, 0.15) is 5.56 Å². The summed E-state index contributed by atoms with van der Waals surface area (Å²) in [7, 11) is 0. The van der Waals surface area contributed by atoms with Crippen LogP contribution in [-0.2, 0) is 11.3 Å². The van der Waals surface area contributed by atoms with E-state index in [1.54, 1.807) is 6.07 Å². The summed E-state index contributed by atoms with van der Waals surface area (Å²) in [6.45, 7) is 6.59. The molecule has 0 unspecified atom stereocenters. The number of fused-ring (bicyclic) bond motifs is 4. The molecule has 1 aromatic heterocycles. The highest BCUT2D eigenvalue weighted by Crippen LogP contribution is 2.34. The smallest absolute Gasteiger partial charge is 0.263 e. The first kappa shape index (κ1) is 20.2. The van der Waals surface area contributed by atoms with Gasteiger partial charge in [-0.2, -0.15) is 0 Å².